The van der Waals surface area contributed by atoms with Gasteiger partial charge in [0.2, 0.25) is 0 Å². The number of halogens is 3. The Morgan fingerprint density at radius 2 is 1.97 bits per heavy atom. The smallest absolute Gasteiger partial charge is 0.192 e. The van der Waals surface area contributed by atoms with Crippen LogP contribution in [-0.4, -0.2) is 21.4 Å². The number of aromatic nitrogens is 3. The van der Waals surface area contributed by atoms with Crippen LogP contribution < -0.4 is 4.90 Å². The molecule has 0 spiro atoms. The van der Waals surface area contributed by atoms with E-state index in [2.05, 4.69) is 32.0 Å². The molecule has 5 nitrogen and oxygen atoms in total. The molecule has 0 aliphatic carbocycles. The van der Waals surface area contributed by atoms with E-state index in [1.54, 1.807) is 22.7 Å². The fourth-order valence-electron chi connectivity index (χ4n) is 3.09. The maximum atomic E-state index is 13.9. The fourth-order valence-corrected chi connectivity index (χ4v) is 4.26. The Bertz CT molecular complexity index is 1260. The second kappa shape index (κ2) is 7.54. The SMILES string of the molecule is CCc1nc2cc(F)c(Br)cn2c1N(C)c1nc(-c2ccc(F)cc2)c(C#N)s1. The summed E-state index contributed by atoms with van der Waals surface area (Å²) in [6, 6.07) is 9.41. The minimum Gasteiger partial charge on any atom is -0.305 e. The minimum absolute atomic E-state index is 0.323. The van der Waals surface area contributed by atoms with E-state index in [-0.39, 0.29) is 11.6 Å². The number of hydrogen-bond acceptors (Lipinski definition) is 5. The minimum atomic E-state index is -0.390. The number of pyridine rings is 1. The molecule has 146 valence electrons. The molecule has 4 aromatic rings. The zero-order valence-corrected chi connectivity index (χ0v) is 17.9. The summed E-state index contributed by atoms with van der Waals surface area (Å²) in [6.07, 6.45) is 2.27. The Labute approximate surface area is 178 Å². The molecular formula is C20H14BrF2N5S. The summed E-state index contributed by atoms with van der Waals surface area (Å²) in [5.74, 6) is 0.00187. The van der Waals surface area contributed by atoms with Crippen molar-refractivity contribution >= 4 is 43.9 Å². The molecule has 4 rings (SSSR count). The number of nitriles is 1. The Balaban J connectivity index is 1.85. The van der Waals surface area contributed by atoms with Crippen LogP contribution in [-0.2, 0) is 6.42 Å². The first kappa shape index (κ1) is 19.5. The lowest BCUT2D eigenvalue weighted by molar-refractivity contribution is 0.619. The summed E-state index contributed by atoms with van der Waals surface area (Å²) in [7, 11) is 1.83. The van der Waals surface area contributed by atoms with Crippen molar-refractivity contribution in [3.63, 3.8) is 0 Å². The van der Waals surface area contributed by atoms with Crippen LogP contribution >= 0.6 is 27.3 Å². The second-order valence-corrected chi connectivity index (χ2v) is 8.12. The summed E-state index contributed by atoms with van der Waals surface area (Å²) >= 11 is 4.45. The lowest BCUT2D eigenvalue weighted by Crippen LogP contribution is -2.13. The van der Waals surface area contributed by atoms with E-state index in [0.717, 1.165) is 11.5 Å². The number of hydrogen-bond donors (Lipinski definition) is 0. The predicted molar refractivity (Wildman–Crippen MR) is 113 cm³/mol. The first-order chi connectivity index (χ1) is 13.9. The van der Waals surface area contributed by atoms with Crippen LogP contribution in [0.15, 0.2) is 41.0 Å². The fraction of sp³-hybridized carbons (Fsp3) is 0.150. The molecule has 0 bridgehead atoms. The molecule has 3 aromatic heterocycles. The molecule has 0 unspecified atom stereocenters. The molecular weight excluding hydrogens is 460 g/mol. The standard InChI is InChI=1S/C20H14BrF2N5S/c1-3-15-19(28-10-13(21)14(23)8-17(28)25-15)27(2)20-26-18(16(9-24)29-20)11-4-6-12(22)7-5-11/h4-8,10H,3H2,1-2H3. The van der Waals surface area contributed by atoms with Crippen LogP contribution in [0.2, 0.25) is 0 Å². The van der Waals surface area contributed by atoms with Gasteiger partial charge in [-0.05, 0) is 46.6 Å². The normalized spacial score (nSPS) is 11.0. The van der Waals surface area contributed by atoms with Crippen molar-refractivity contribution in [3.8, 4) is 17.3 Å². The van der Waals surface area contributed by atoms with Crippen molar-refractivity contribution in [2.45, 2.75) is 13.3 Å². The summed E-state index contributed by atoms with van der Waals surface area (Å²) < 4.78 is 29.3. The molecule has 0 N–H and O–H groups in total. The van der Waals surface area contributed by atoms with E-state index < -0.39 is 0 Å². The molecule has 0 saturated carbocycles. The van der Waals surface area contributed by atoms with Crippen LogP contribution in [0.4, 0.5) is 19.7 Å². The van der Waals surface area contributed by atoms with E-state index >= 15 is 0 Å². The highest BCUT2D eigenvalue weighted by molar-refractivity contribution is 9.10. The first-order valence-electron chi connectivity index (χ1n) is 8.69. The van der Waals surface area contributed by atoms with Gasteiger partial charge in [-0.15, -0.1) is 0 Å². The zero-order chi connectivity index (χ0) is 20.7. The summed E-state index contributed by atoms with van der Waals surface area (Å²) in [6.45, 7) is 1.97. The molecule has 1 aromatic carbocycles. The lowest BCUT2D eigenvalue weighted by atomic mass is 10.1. The number of benzene rings is 1. The van der Waals surface area contributed by atoms with E-state index in [9.17, 15) is 14.0 Å². The quantitative estimate of drug-likeness (QED) is 0.381. The summed E-state index contributed by atoms with van der Waals surface area (Å²) in [5, 5.41) is 10.1. The Morgan fingerprint density at radius 1 is 1.24 bits per heavy atom. The second-order valence-electron chi connectivity index (χ2n) is 6.29. The van der Waals surface area contributed by atoms with E-state index in [0.29, 0.717) is 37.8 Å². The van der Waals surface area contributed by atoms with Crippen LogP contribution in [0.3, 0.4) is 0 Å². The predicted octanol–water partition coefficient (Wildman–Crippen LogP) is 5.70. The number of imidazole rings is 1. The number of thiazole rings is 1. The molecule has 0 saturated heterocycles. The molecule has 0 amide bonds. The Hall–Kier alpha value is -2.83. The number of aryl methyl sites for hydroxylation is 1. The van der Waals surface area contributed by atoms with Gasteiger partial charge in [0.25, 0.3) is 0 Å². The van der Waals surface area contributed by atoms with Gasteiger partial charge < -0.3 is 4.90 Å². The van der Waals surface area contributed by atoms with Gasteiger partial charge in [0.1, 0.15) is 39.7 Å². The number of anilines is 2. The van der Waals surface area contributed by atoms with Crippen molar-refractivity contribution < 1.29 is 8.78 Å². The van der Waals surface area contributed by atoms with E-state index in [4.69, 9.17) is 0 Å². The number of nitrogens with zero attached hydrogens (tertiary/aromatic N) is 5. The van der Waals surface area contributed by atoms with Crippen molar-refractivity contribution in [3.05, 3.63) is 63.2 Å². The molecule has 0 fully saturated rings. The Kier molecular flexibility index (Phi) is 5.06. The van der Waals surface area contributed by atoms with Gasteiger partial charge in [0.05, 0.1) is 10.2 Å². The monoisotopic (exact) mass is 473 g/mol. The van der Waals surface area contributed by atoms with Crippen molar-refractivity contribution in [1.82, 2.24) is 14.4 Å². The number of fused-ring (bicyclic) bond motifs is 1. The topological polar surface area (TPSA) is 57.2 Å². The van der Waals surface area contributed by atoms with Gasteiger partial charge in [0.15, 0.2) is 5.13 Å². The maximum absolute atomic E-state index is 13.9. The van der Waals surface area contributed by atoms with Gasteiger partial charge in [-0.2, -0.15) is 5.26 Å². The molecule has 29 heavy (non-hydrogen) atoms. The van der Waals surface area contributed by atoms with Crippen molar-refractivity contribution in [1.29, 1.82) is 5.26 Å². The van der Waals surface area contributed by atoms with Crippen LogP contribution in [0, 0.1) is 23.0 Å². The van der Waals surface area contributed by atoms with Crippen LogP contribution in [0.1, 0.15) is 17.5 Å². The third kappa shape index (κ3) is 3.39. The average molecular weight is 474 g/mol. The van der Waals surface area contributed by atoms with Gasteiger partial charge in [0, 0.05) is 24.9 Å². The van der Waals surface area contributed by atoms with Gasteiger partial charge >= 0.3 is 0 Å². The van der Waals surface area contributed by atoms with Crippen LogP contribution in [0.5, 0.6) is 0 Å². The van der Waals surface area contributed by atoms with Crippen LogP contribution in [0.25, 0.3) is 16.9 Å². The molecule has 3 heterocycles. The highest BCUT2D eigenvalue weighted by Crippen LogP contribution is 2.37. The maximum Gasteiger partial charge on any atom is 0.192 e. The van der Waals surface area contributed by atoms with Gasteiger partial charge in [-0.1, -0.05) is 18.3 Å². The van der Waals surface area contributed by atoms with Gasteiger partial charge in [-0.25, -0.2) is 18.7 Å². The number of rotatable bonds is 4. The highest BCUT2D eigenvalue weighted by atomic mass is 79.9. The highest BCUT2D eigenvalue weighted by Gasteiger charge is 2.22. The largest absolute Gasteiger partial charge is 0.305 e. The van der Waals surface area contributed by atoms with Gasteiger partial charge in [-0.3, -0.25) is 4.40 Å². The zero-order valence-electron chi connectivity index (χ0n) is 15.4. The molecule has 9 heteroatoms. The molecule has 0 radical (unpaired) electrons. The molecule has 0 atom stereocenters. The third-order valence-electron chi connectivity index (χ3n) is 4.48. The molecule has 0 aliphatic heterocycles. The summed E-state index contributed by atoms with van der Waals surface area (Å²) in [5.41, 5.74) is 2.43. The Morgan fingerprint density at radius 3 is 2.62 bits per heavy atom. The lowest BCUT2D eigenvalue weighted by Gasteiger charge is -2.17. The summed E-state index contributed by atoms with van der Waals surface area (Å²) in [4.78, 5) is 11.4. The third-order valence-corrected chi connectivity index (χ3v) is 6.10. The van der Waals surface area contributed by atoms with Crippen molar-refractivity contribution in [2.24, 2.45) is 0 Å². The average Bonchev–Trinajstić information content (AvgIpc) is 3.30. The van der Waals surface area contributed by atoms with Crippen molar-refractivity contribution in [2.75, 3.05) is 11.9 Å². The molecule has 0 aliphatic rings. The van der Waals surface area contributed by atoms with E-state index in [1.165, 1.54) is 29.5 Å². The first-order valence-corrected chi connectivity index (χ1v) is 10.3. The van der Waals surface area contributed by atoms with E-state index in [1.807, 2.05) is 18.9 Å².